The molecule has 0 spiro atoms. The first-order chi connectivity index (χ1) is 8.64. The van der Waals surface area contributed by atoms with Gasteiger partial charge in [0.2, 0.25) is 0 Å². The van der Waals surface area contributed by atoms with E-state index in [2.05, 4.69) is 20.8 Å². The molecule has 1 N–H and O–H groups in total. The molecule has 0 saturated heterocycles. The van der Waals surface area contributed by atoms with Gasteiger partial charge in [0.05, 0.1) is 0 Å². The summed E-state index contributed by atoms with van der Waals surface area (Å²) in [6.07, 6.45) is 0. The monoisotopic (exact) mass is 263 g/mol. The van der Waals surface area contributed by atoms with Crippen LogP contribution < -0.4 is 0 Å². The summed E-state index contributed by atoms with van der Waals surface area (Å²) >= 11 is 0. The number of carboxylic acid groups (broad SMARTS) is 1. The van der Waals surface area contributed by atoms with Gasteiger partial charge in [-0.2, -0.15) is 0 Å². The summed E-state index contributed by atoms with van der Waals surface area (Å²) in [6.45, 7) is 7.79. The van der Waals surface area contributed by atoms with Gasteiger partial charge in [-0.05, 0) is 30.0 Å². The second kappa shape index (κ2) is 5.43. The Morgan fingerprint density at radius 3 is 2.00 bits per heavy atom. The van der Waals surface area contributed by atoms with Crippen molar-refractivity contribution >= 4 is 11.9 Å². The first-order valence-corrected chi connectivity index (χ1v) is 6.25. The maximum Gasteiger partial charge on any atom is 0.326 e. The molecule has 0 bridgehead atoms. The third-order valence-electron chi connectivity index (χ3n) is 3.26. The average Bonchev–Trinajstić information content (AvgIpc) is 2.35. The van der Waals surface area contributed by atoms with Gasteiger partial charge in [0.15, 0.2) is 0 Å². The van der Waals surface area contributed by atoms with Crippen molar-refractivity contribution in [2.75, 3.05) is 7.05 Å². The van der Waals surface area contributed by atoms with E-state index in [0.717, 1.165) is 5.56 Å². The lowest BCUT2D eigenvalue weighted by molar-refractivity contribution is -0.141. The number of carbonyl (C=O) groups excluding carboxylic acids is 1. The molecule has 1 aromatic rings. The van der Waals surface area contributed by atoms with Crippen LogP contribution in [0.4, 0.5) is 0 Å². The molecular formula is C15H21NO3. The first kappa shape index (κ1) is 15.2. The molecule has 0 aliphatic rings. The van der Waals surface area contributed by atoms with E-state index in [0.29, 0.717) is 5.56 Å². The molecule has 19 heavy (non-hydrogen) atoms. The van der Waals surface area contributed by atoms with Crippen LogP contribution in [0.2, 0.25) is 0 Å². The third kappa shape index (κ3) is 3.56. The van der Waals surface area contributed by atoms with Crippen molar-refractivity contribution in [3.05, 3.63) is 35.4 Å². The lowest BCUT2D eigenvalue weighted by Gasteiger charge is -2.23. The molecule has 4 nitrogen and oxygen atoms in total. The Bertz CT molecular complexity index is 471. The standard InChI is InChI=1S/C15H21NO3/c1-10(14(18)19)16(5)13(17)11-6-8-12(9-7-11)15(2,3)4/h6-10H,1-5H3,(H,18,19)/t10-/m0/s1. The van der Waals surface area contributed by atoms with E-state index in [9.17, 15) is 9.59 Å². The predicted octanol–water partition coefficient (Wildman–Crippen LogP) is 2.53. The minimum atomic E-state index is -1.01. The summed E-state index contributed by atoms with van der Waals surface area (Å²) in [6, 6.07) is 6.47. The molecule has 1 atom stereocenters. The fraction of sp³-hybridized carbons (Fsp3) is 0.467. The second-order valence-corrected chi connectivity index (χ2v) is 5.76. The molecule has 0 aliphatic heterocycles. The number of carbonyl (C=O) groups is 2. The maximum absolute atomic E-state index is 12.1. The van der Waals surface area contributed by atoms with Gasteiger partial charge in [0.25, 0.3) is 5.91 Å². The van der Waals surface area contributed by atoms with Gasteiger partial charge in [-0.1, -0.05) is 32.9 Å². The minimum Gasteiger partial charge on any atom is -0.480 e. The SMILES string of the molecule is C[C@@H](C(=O)O)N(C)C(=O)c1ccc(C(C)(C)C)cc1. The van der Waals surface area contributed by atoms with E-state index in [-0.39, 0.29) is 11.3 Å². The molecule has 104 valence electrons. The van der Waals surface area contributed by atoms with Crippen molar-refractivity contribution in [1.82, 2.24) is 4.90 Å². The molecule has 1 aromatic carbocycles. The first-order valence-electron chi connectivity index (χ1n) is 6.25. The summed E-state index contributed by atoms with van der Waals surface area (Å²) < 4.78 is 0. The van der Waals surface area contributed by atoms with Gasteiger partial charge in [0.1, 0.15) is 6.04 Å². The Balaban J connectivity index is 2.93. The molecular weight excluding hydrogens is 242 g/mol. The molecule has 0 fully saturated rings. The van der Waals surface area contributed by atoms with E-state index in [1.807, 2.05) is 12.1 Å². The molecule has 0 aliphatic carbocycles. The highest BCUT2D eigenvalue weighted by Gasteiger charge is 2.23. The van der Waals surface area contributed by atoms with E-state index in [4.69, 9.17) is 5.11 Å². The molecule has 0 radical (unpaired) electrons. The van der Waals surface area contributed by atoms with Crippen molar-refractivity contribution in [2.45, 2.75) is 39.2 Å². The Hall–Kier alpha value is -1.84. The zero-order valence-electron chi connectivity index (χ0n) is 12.1. The van der Waals surface area contributed by atoms with Crippen LogP contribution in [0.3, 0.4) is 0 Å². The topological polar surface area (TPSA) is 57.6 Å². The van der Waals surface area contributed by atoms with Crippen LogP contribution in [0.5, 0.6) is 0 Å². The Kier molecular flexibility index (Phi) is 4.35. The number of benzene rings is 1. The van der Waals surface area contributed by atoms with Crippen molar-refractivity contribution < 1.29 is 14.7 Å². The average molecular weight is 263 g/mol. The van der Waals surface area contributed by atoms with Crippen LogP contribution >= 0.6 is 0 Å². The minimum absolute atomic E-state index is 0.0296. The van der Waals surface area contributed by atoms with Crippen LogP contribution in [0, 0.1) is 0 Å². The number of likely N-dealkylation sites (N-methyl/N-ethyl adjacent to an activating group) is 1. The number of carboxylic acids is 1. The van der Waals surface area contributed by atoms with Gasteiger partial charge in [0, 0.05) is 12.6 Å². The summed E-state index contributed by atoms with van der Waals surface area (Å²) in [5.41, 5.74) is 1.67. The van der Waals surface area contributed by atoms with Crippen LogP contribution in [-0.2, 0) is 10.2 Å². The second-order valence-electron chi connectivity index (χ2n) is 5.76. The Morgan fingerprint density at radius 1 is 1.16 bits per heavy atom. The Morgan fingerprint density at radius 2 is 1.63 bits per heavy atom. The highest BCUT2D eigenvalue weighted by molar-refractivity contribution is 5.96. The van der Waals surface area contributed by atoms with Crippen molar-refractivity contribution in [2.24, 2.45) is 0 Å². The molecule has 0 saturated carbocycles. The number of hydrogen-bond donors (Lipinski definition) is 1. The smallest absolute Gasteiger partial charge is 0.326 e. The lowest BCUT2D eigenvalue weighted by Crippen LogP contribution is -2.40. The lowest BCUT2D eigenvalue weighted by atomic mass is 9.86. The van der Waals surface area contributed by atoms with E-state index >= 15 is 0 Å². The van der Waals surface area contributed by atoms with E-state index in [1.165, 1.54) is 18.9 Å². The van der Waals surface area contributed by atoms with Crippen LogP contribution in [0.15, 0.2) is 24.3 Å². The quantitative estimate of drug-likeness (QED) is 0.911. The van der Waals surface area contributed by atoms with Gasteiger partial charge < -0.3 is 10.0 Å². The highest BCUT2D eigenvalue weighted by atomic mass is 16.4. The number of aliphatic carboxylic acids is 1. The number of nitrogens with zero attached hydrogens (tertiary/aromatic N) is 1. The highest BCUT2D eigenvalue weighted by Crippen LogP contribution is 2.22. The molecule has 1 rings (SSSR count). The van der Waals surface area contributed by atoms with Gasteiger partial charge in [-0.3, -0.25) is 4.79 Å². The van der Waals surface area contributed by atoms with Crippen molar-refractivity contribution in [1.29, 1.82) is 0 Å². The molecule has 0 aromatic heterocycles. The summed E-state index contributed by atoms with van der Waals surface area (Å²) in [5.74, 6) is -1.29. The molecule has 4 heteroatoms. The molecule has 0 unspecified atom stereocenters. The predicted molar refractivity (Wildman–Crippen MR) is 74.3 cm³/mol. The number of amides is 1. The van der Waals surface area contributed by atoms with Crippen molar-refractivity contribution in [3.63, 3.8) is 0 Å². The van der Waals surface area contributed by atoms with Crippen molar-refractivity contribution in [3.8, 4) is 0 Å². The van der Waals surface area contributed by atoms with E-state index in [1.54, 1.807) is 12.1 Å². The van der Waals surface area contributed by atoms with Gasteiger partial charge in [-0.25, -0.2) is 4.79 Å². The largest absolute Gasteiger partial charge is 0.480 e. The van der Waals surface area contributed by atoms with Gasteiger partial charge >= 0.3 is 5.97 Å². The van der Waals surface area contributed by atoms with E-state index < -0.39 is 12.0 Å². The fourth-order valence-corrected chi connectivity index (χ4v) is 1.66. The normalized spacial score (nSPS) is 12.9. The third-order valence-corrected chi connectivity index (χ3v) is 3.26. The van der Waals surface area contributed by atoms with Crippen LogP contribution in [0.25, 0.3) is 0 Å². The zero-order chi connectivity index (χ0) is 14.8. The molecule has 0 heterocycles. The Labute approximate surface area is 114 Å². The van der Waals surface area contributed by atoms with Crippen LogP contribution in [0.1, 0.15) is 43.6 Å². The number of rotatable bonds is 3. The maximum atomic E-state index is 12.1. The molecule has 1 amide bonds. The summed E-state index contributed by atoms with van der Waals surface area (Å²) in [5, 5.41) is 8.91. The summed E-state index contributed by atoms with van der Waals surface area (Å²) in [4.78, 5) is 24.2. The zero-order valence-corrected chi connectivity index (χ0v) is 12.1. The fourth-order valence-electron chi connectivity index (χ4n) is 1.66. The number of hydrogen-bond acceptors (Lipinski definition) is 2. The summed E-state index contributed by atoms with van der Waals surface area (Å²) in [7, 11) is 1.50. The van der Waals surface area contributed by atoms with Crippen LogP contribution in [-0.4, -0.2) is 35.0 Å². The van der Waals surface area contributed by atoms with Gasteiger partial charge in [-0.15, -0.1) is 0 Å².